The third kappa shape index (κ3) is 2.96. The first kappa shape index (κ1) is 18.1. The fraction of sp³-hybridized carbons (Fsp3) is 0.375. The van der Waals surface area contributed by atoms with E-state index >= 15 is 0 Å². The summed E-state index contributed by atoms with van der Waals surface area (Å²) < 4.78 is 11.9. The van der Waals surface area contributed by atoms with Crippen molar-refractivity contribution < 1.29 is 14.3 Å². The Bertz CT molecular complexity index is 1050. The summed E-state index contributed by atoms with van der Waals surface area (Å²) in [6, 6.07) is 10.2. The number of hydrogen-bond acceptors (Lipinski definition) is 4. The number of carbonyl (C=O) groups excluding carboxylic acids is 1. The molecule has 0 saturated heterocycles. The van der Waals surface area contributed by atoms with E-state index in [0.717, 1.165) is 52.1 Å². The van der Waals surface area contributed by atoms with Crippen LogP contribution in [0, 0.1) is 0 Å². The molecule has 0 radical (unpaired) electrons. The minimum absolute atomic E-state index is 0.0757. The lowest BCUT2D eigenvalue weighted by molar-refractivity contribution is -0.128. The Morgan fingerprint density at radius 1 is 1.21 bits per heavy atom. The van der Waals surface area contributed by atoms with Gasteiger partial charge >= 0.3 is 0 Å². The summed E-state index contributed by atoms with van der Waals surface area (Å²) in [5, 5.41) is 6.71. The molecule has 1 atom stereocenters. The second kappa shape index (κ2) is 6.28. The van der Waals surface area contributed by atoms with Gasteiger partial charge in [-0.15, -0.1) is 0 Å². The van der Waals surface area contributed by atoms with Gasteiger partial charge in [0.05, 0.1) is 18.2 Å². The van der Waals surface area contributed by atoms with Crippen LogP contribution in [-0.4, -0.2) is 24.6 Å². The lowest BCUT2D eigenvalue weighted by Crippen LogP contribution is -2.37. The van der Waals surface area contributed by atoms with E-state index in [-0.39, 0.29) is 17.5 Å². The summed E-state index contributed by atoms with van der Waals surface area (Å²) in [5.41, 5.74) is 5.88. The first-order chi connectivity index (χ1) is 13.9. The normalized spacial score (nSPS) is 20.8. The minimum Gasteiger partial charge on any atom is -0.496 e. The monoisotopic (exact) mass is 390 g/mol. The fourth-order valence-corrected chi connectivity index (χ4v) is 4.56. The van der Waals surface area contributed by atoms with E-state index < -0.39 is 6.10 Å². The maximum atomic E-state index is 13.2. The van der Waals surface area contributed by atoms with Gasteiger partial charge in [-0.25, -0.2) is 0 Å². The minimum atomic E-state index is -0.688. The molecule has 1 amide bonds. The smallest absolute Gasteiger partial charge is 0.266 e. The highest BCUT2D eigenvalue weighted by Crippen LogP contribution is 2.52. The first-order valence-electron chi connectivity index (χ1n) is 10.2. The number of benzene rings is 2. The predicted molar refractivity (Wildman–Crippen MR) is 114 cm³/mol. The van der Waals surface area contributed by atoms with E-state index in [9.17, 15) is 4.79 Å². The molecule has 5 heteroatoms. The van der Waals surface area contributed by atoms with Crippen LogP contribution >= 0.6 is 0 Å². The zero-order valence-corrected chi connectivity index (χ0v) is 17.3. The van der Waals surface area contributed by atoms with Gasteiger partial charge in [0.1, 0.15) is 11.5 Å². The molecule has 1 saturated carbocycles. The van der Waals surface area contributed by atoms with Gasteiger partial charge in [0.15, 0.2) is 0 Å². The van der Waals surface area contributed by atoms with E-state index in [2.05, 4.69) is 49.6 Å². The van der Waals surface area contributed by atoms with Crippen LogP contribution in [-0.2, 0) is 4.79 Å². The molecule has 0 bridgehead atoms. The molecule has 2 aromatic rings. The van der Waals surface area contributed by atoms with Crippen LogP contribution in [0.3, 0.4) is 0 Å². The highest BCUT2D eigenvalue weighted by Gasteiger charge is 2.39. The quantitative estimate of drug-likeness (QED) is 0.799. The van der Waals surface area contributed by atoms with Crippen molar-refractivity contribution in [2.24, 2.45) is 0 Å². The number of rotatable bonds is 3. The maximum absolute atomic E-state index is 13.2. The summed E-state index contributed by atoms with van der Waals surface area (Å²) in [7, 11) is 1.66. The topological polar surface area (TPSA) is 59.6 Å². The summed E-state index contributed by atoms with van der Waals surface area (Å²) in [4.78, 5) is 13.2. The van der Waals surface area contributed by atoms with Crippen LogP contribution in [0.2, 0.25) is 0 Å². The van der Waals surface area contributed by atoms with Crippen molar-refractivity contribution in [2.75, 3.05) is 12.4 Å². The van der Waals surface area contributed by atoms with Crippen molar-refractivity contribution in [3.8, 4) is 22.6 Å². The Hall–Kier alpha value is -2.95. The van der Waals surface area contributed by atoms with E-state index in [1.54, 1.807) is 7.11 Å². The number of allylic oxidation sites excluding steroid dienone is 1. The van der Waals surface area contributed by atoms with E-state index in [4.69, 9.17) is 9.47 Å². The van der Waals surface area contributed by atoms with Gasteiger partial charge in [0.2, 0.25) is 6.10 Å². The van der Waals surface area contributed by atoms with Crippen LogP contribution in [0.5, 0.6) is 11.5 Å². The molecule has 150 valence electrons. The Kier molecular flexibility index (Phi) is 3.92. The number of fused-ring (bicyclic) bond motifs is 5. The second-order valence-corrected chi connectivity index (χ2v) is 8.74. The van der Waals surface area contributed by atoms with Gasteiger partial charge in [-0.2, -0.15) is 0 Å². The molecule has 3 aliphatic rings. The third-order valence-electron chi connectivity index (χ3n) is 5.82. The van der Waals surface area contributed by atoms with Gasteiger partial charge in [-0.1, -0.05) is 18.2 Å². The summed E-state index contributed by atoms with van der Waals surface area (Å²) in [6.45, 7) is 6.39. The van der Waals surface area contributed by atoms with E-state index in [1.807, 2.05) is 18.2 Å². The Balaban J connectivity index is 1.75. The maximum Gasteiger partial charge on any atom is 0.266 e. The Morgan fingerprint density at radius 2 is 2.00 bits per heavy atom. The number of amides is 1. The second-order valence-electron chi connectivity index (χ2n) is 8.74. The molecule has 2 aromatic carbocycles. The average Bonchev–Trinajstić information content (AvgIpc) is 3.48. The van der Waals surface area contributed by atoms with Crippen molar-refractivity contribution in [3.05, 3.63) is 47.5 Å². The molecule has 2 aliphatic heterocycles. The van der Waals surface area contributed by atoms with Gasteiger partial charge in [0.25, 0.3) is 5.91 Å². The molecule has 29 heavy (non-hydrogen) atoms. The van der Waals surface area contributed by atoms with Crippen LogP contribution in [0.15, 0.2) is 36.4 Å². The Morgan fingerprint density at radius 3 is 2.72 bits per heavy atom. The zero-order valence-electron chi connectivity index (χ0n) is 17.3. The van der Waals surface area contributed by atoms with Gasteiger partial charge in [0, 0.05) is 22.9 Å². The van der Waals surface area contributed by atoms with Gasteiger partial charge in [-0.05, 0) is 62.9 Å². The first-order valence-corrected chi connectivity index (χ1v) is 10.2. The lowest BCUT2D eigenvalue weighted by Gasteiger charge is -2.37. The highest BCUT2D eigenvalue weighted by molar-refractivity contribution is 5.97. The molecule has 2 heterocycles. The van der Waals surface area contributed by atoms with Gasteiger partial charge < -0.3 is 20.1 Å². The number of anilines is 1. The zero-order chi connectivity index (χ0) is 20.3. The number of nitrogens with one attached hydrogen (secondary N) is 2. The van der Waals surface area contributed by atoms with Crippen molar-refractivity contribution in [1.29, 1.82) is 0 Å². The molecule has 5 nitrogen and oxygen atoms in total. The highest BCUT2D eigenvalue weighted by atomic mass is 16.5. The van der Waals surface area contributed by atoms with Crippen LogP contribution in [0.4, 0.5) is 5.69 Å². The number of hydrogen-bond donors (Lipinski definition) is 2. The van der Waals surface area contributed by atoms with Crippen molar-refractivity contribution in [2.45, 2.75) is 51.3 Å². The molecule has 2 N–H and O–H groups in total. The molecule has 0 spiro atoms. The van der Waals surface area contributed by atoms with Crippen LogP contribution in [0.1, 0.15) is 50.8 Å². The van der Waals surface area contributed by atoms with E-state index in [0.29, 0.717) is 5.75 Å². The molecule has 5 rings (SSSR count). The largest absolute Gasteiger partial charge is 0.496 e. The van der Waals surface area contributed by atoms with Crippen molar-refractivity contribution >= 4 is 17.2 Å². The summed E-state index contributed by atoms with van der Waals surface area (Å²) in [5.74, 6) is 1.35. The molecule has 1 aliphatic carbocycles. The van der Waals surface area contributed by atoms with Gasteiger partial charge in [-0.3, -0.25) is 4.79 Å². The number of methoxy groups -OCH3 is 1. The molecular formula is C24H26N2O3. The fourth-order valence-electron chi connectivity index (χ4n) is 4.56. The van der Waals surface area contributed by atoms with Crippen LogP contribution < -0.4 is 20.1 Å². The standard InChI is InChI=1S/C24H26N2O3/c1-13-12-24(2,3)26-16-11-10-15-20-17(28-4)6-5-7-18(20)29-22(21(15)19(13)16)23(27)25-14-8-9-14/h5-7,10-12,14,22,26H,8-9H2,1-4H3,(H,25,27). The molecule has 1 fully saturated rings. The van der Waals surface area contributed by atoms with Crippen molar-refractivity contribution in [1.82, 2.24) is 5.32 Å². The summed E-state index contributed by atoms with van der Waals surface area (Å²) in [6.07, 6.45) is 3.60. The molecule has 0 aromatic heterocycles. The average molecular weight is 390 g/mol. The Labute approximate surface area is 171 Å². The molecule has 1 unspecified atom stereocenters. The van der Waals surface area contributed by atoms with Crippen LogP contribution in [0.25, 0.3) is 16.7 Å². The number of carbonyl (C=O) groups is 1. The SMILES string of the molecule is COc1cccc2c1-c1ccc3c(c1C(C(=O)NC1CC1)O2)C(C)=CC(C)(C)N3. The van der Waals surface area contributed by atoms with E-state index in [1.165, 1.54) is 0 Å². The third-order valence-corrected chi connectivity index (χ3v) is 5.82. The molecular weight excluding hydrogens is 364 g/mol. The number of ether oxygens (including phenoxy) is 2. The lowest BCUT2D eigenvalue weighted by atomic mass is 9.81. The van der Waals surface area contributed by atoms with Crippen molar-refractivity contribution in [3.63, 3.8) is 0 Å². The predicted octanol–water partition coefficient (Wildman–Crippen LogP) is 4.68. The summed E-state index contributed by atoms with van der Waals surface area (Å²) >= 11 is 0.